The van der Waals surface area contributed by atoms with Crippen LogP contribution in [0.4, 0.5) is 0 Å². The molecule has 0 aromatic carbocycles. The van der Waals surface area contributed by atoms with Gasteiger partial charge in [0.1, 0.15) is 0 Å². The number of amides is 1. The minimum absolute atomic E-state index is 0.0949. The summed E-state index contributed by atoms with van der Waals surface area (Å²) in [5.74, 6) is -1.20. The first kappa shape index (κ1) is 8.73. The summed E-state index contributed by atoms with van der Waals surface area (Å²) in [4.78, 5) is 9.87. The van der Waals surface area contributed by atoms with Crippen molar-refractivity contribution in [3.8, 4) is 0 Å². The van der Waals surface area contributed by atoms with E-state index in [2.05, 4.69) is 5.73 Å². The lowest BCUT2D eigenvalue weighted by Crippen LogP contribution is -2.14. The summed E-state index contributed by atoms with van der Waals surface area (Å²) < 4.78 is 27.7. The SMILES string of the molecule is NC(=O)CSS(=O)(=O)O. The summed E-state index contributed by atoms with van der Waals surface area (Å²) in [6.07, 6.45) is 0. The zero-order valence-electron chi connectivity index (χ0n) is 4.27. The Hall–Kier alpha value is -0.270. The van der Waals surface area contributed by atoms with Gasteiger partial charge in [0.05, 0.1) is 5.75 Å². The summed E-state index contributed by atoms with van der Waals surface area (Å²) in [7, 11) is -4.01. The Bertz CT molecular complexity index is 195. The van der Waals surface area contributed by atoms with E-state index in [0.717, 1.165) is 0 Å². The van der Waals surface area contributed by atoms with Crippen LogP contribution in [0.25, 0.3) is 0 Å². The van der Waals surface area contributed by atoms with E-state index in [9.17, 15) is 13.2 Å². The van der Waals surface area contributed by atoms with Crippen molar-refractivity contribution in [1.29, 1.82) is 0 Å². The van der Waals surface area contributed by atoms with Crippen LogP contribution in [0.15, 0.2) is 0 Å². The summed E-state index contributed by atoms with van der Waals surface area (Å²) in [5.41, 5.74) is 4.56. The molecule has 0 bridgehead atoms. The Labute approximate surface area is 55.8 Å². The zero-order valence-corrected chi connectivity index (χ0v) is 5.91. The molecule has 5 nitrogen and oxygen atoms in total. The molecule has 0 heterocycles. The van der Waals surface area contributed by atoms with E-state index in [1.54, 1.807) is 0 Å². The van der Waals surface area contributed by atoms with Gasteiger partial charge >= 0.3 is 9.15 Å². The molecule has 0 fully saturated rings. The van der Waals surface area contributed by atoms with Gasteiger partial charge in [-0.25, -0.2) is 0 Å². The van der Waals surface area contributed by atoms with Crippen molar-refractivity contribution in [3.05, 3.63) is 0 Å². The van der Waals surface area contributed by atoms with Crippen molar-refractivity contribution in [2.24, 2.45) is 5.73 Å². The minimum atomic E-state index is -4.10. The van der Waals surface area contributed by atoms with Crippen molar-refractivity contribution in [1.82, 2.24) is 0 Å². The molecule has 9 heavy (non-hydrogen) atoms. The van der Waals surface area contributed by atoms with E-state index < -0.39 is 20.8 Å². The smallest absolute Gasteiger partial charge is 0.320 e. The van der Waals surface area contributed by atoms with Crippen LogP contribution in [-0.2, 0) is 13.9 Å². The van der Waals surface area contributed by atoms with E-state index in [0.29, 0.717) is 0 Å². The molecular formula is C2H5NO4S2. The largest absolute Gasteiger partial charge is 0.369 e. The van der Waals surface area contributed by atoms with Crippen molar-refractivity contribution in [3.63, 3.8) is 0 Å². The van der Waals surface area contributed by atoms with Crippen LogP contribution in [0.3, 0.4) is 0 Å². The molecule has 0 spiro atoms. The molecule has 0 saturated carbocycles. The van der Waals surface area contributed by atoms with Gasteiger partial charge in [0.2, 0.25) is 5.91 Å². The molecule has 0 saturated heterocycles. The Morgan fingerprint density at radius 3 is 2.22 bits per heavy atom. The van der Waals surface area contributed by atoms with Gasteiger partial charge in [-0.2, -0.15) is 8.42 Å². The first-order valence-electron chi connectivity index (χ1n) is 1.82. The maximum atomic E-state index is 9.87. The van der Waals surface area contributed by atoms with E-state index in [4.69, 9.17) is 4.55 Å². The third-order valence-corrected chi connectivity index (χ3v) is 2.30. The Balaban J connectivity index is 3.67. The maximum Gasteiger partial charge on any atom is 0.320 e. The number of rotatable bonds is 3. The summed E-state index contributed by atoms with van der Waals surface area (Å²) in [6, 6.07) is 0. The fraction of sp³-hybridized carbons (Fsp3) is 0.500. The molecule has 0 unspecified atom stereocenters. The lowest BCUT2D eigenvalue weighted by molar-refractivity contribution is -0.115. The molecule has 7 heteroatoms. The number of primary amides is 1. The number of hydrogen-bond donors (Lipinski definition) is 2. The van der Waals surface area contributed by atoms with Crippen molar-refractivity contribution in [2.75, 3.05) is 5.75 Å². The van der Waals surface area contributed by atoms with E-state index >= 15 is 0 Å². The summed E-state index contributed by atoms with van der Waals surface area (Å²) >= 11 is 0. The summed E-state index contributed by atoms with van der Waals surface area (Å²) in [6.45, 7) is 0. The van der Waals surface area contributed by atoms with Crippen LogP contribution in [0.1, 0.15) is 0 Å². The lowest BCUT2D eigenvalue weighted by atomic mass is 10.8. The van der Waals surface area contributed by atoms with Gasteiger partial charge in [-0.05, 0) is 0 Å². The highest BCUT2D eigenvalue weighted by Crippen LogP contribution is 2.06. The standard InChI is InChI=1S/C2H5NO4S2/c3-2(4)1-8-9(5,6)7/h1H2,(H2,3,4)(H,5,6,7). The molecule has 0 rings (SSSR count). The zero-order chi connectivity index (χ0) is 7.49. The molecular weight excluding hydrogens is 166 g/mol. The van der Waals surface area contributed by atoms with Crippen LogP contribution in [0.5, 0.6) is 0 Å². The molecule has 0 radical (unpaired) electrons. The average Bonchev–Trinajstić information content (AvgIpc) is 1.59. The van der Waals surface area contributed by atoms with Crippen molar-refractivity contribution in [2.45, 2.75) is 0 Å². The molecule has 54 valence electrons. The predicted octanol–water partition coefficient (Wildman–Crippen LogP) is -0.992. The van der Waals surface area contributed by atoms with E-state index in [-0.39, 0.29) is 10.8 Å². The number of carbonyl (C=O) groups excluding carboxylic acids is 1. The number of nitrogens with two attached hydrogens (primary N) is 1. The maximum absolute atomic E-state index is 9.87. The third kappa shape index (κ3) is 7.73. The fourth-order valence-electron chi connectivity index (χ4n) is 0.133. The second kappa shape index (κ2) is 3.04. The van der Waals surface area contributed by atoms with Crippen LogP contribution >= 0.6 is 10.8 Å². The molecule has 1 amide bonds. The second-order valence-electron chi connectivity index (χ2n) is 1.16. The average molecular weight is 171 g/mol. The fourth-order valence-corrected chi connectivity index (χ4v) is 1.19. The number of carbonyl (C=O) groups is 1. The second-order valence-corrected chi connectivity index (χ2v) is 4.51. The first-order valence-corrected chi connectivity index (χ1v) is 4.76. The molecule has 0 aromatic heterocycles. The highest BCUT2D eigenvalue weighted by Gasteiger charge is 2.06. The summed E-state index contributed by atoms with van der Waals surface area (Å²) in [5, 5.41) is 0. The predicted molar refractivity (Wildman–Crippen MR) is 33.2 cm³/mol. The van der Waals surface area contributed by atoms with Gasteiger partial charge in [-0.1, -0.05) is 0 Å². The van der Waals surface area contributed by atoms with Gasteiger partial charge in [-0.3, -0.25) is 9.35 Å². The van der Waals surface area contributed by atoms with Gasteiger partial charge < -0.3 is 5.73 Å². The van der Waals surface area contributed by atoms with Gasteiger partial charge in [0.25, 0.3) is 0 Å². The molecule has 0 atom stereocenters. The minimum Gasteiger partial charge on any atom is -0.369 e. The Morgan fingerprint density at radius 2 is 2.11 bits per heavy atom. The van der Waals surface area contributed by atoms with Crippen LogP contribution < -0.4 is 5.73 Å². The normalized spacial score (nSPS) is 11.2. The Morgan fingerprint density at radius 1 is 1.67 bits per heavy atom. The van der Waals surface area contributed by atoms with Crippen LogP contribution in [-0.4, -0.2) is 24.6 Å². The van der Waals surface area contributed by atoms with Gasteiger partial charge in [0, 0.05) is 10.8 Å². The van der Waals surface area contributed by atoms with Gasteiger partial charge in [0.15, 0.2) is 0 Å². The first-order chi connectivity index (χ1) is 3.92. The number of hydrogen-bond acceptors (Lipinski definition) is 4. The highest BCUT2D eigenvalue weighted by molar-refractivity contribution is 8.70. The molecule has 0 aliphatic heterocycles. The lowest BCUT2D eigenvalue weighted by Gasteiger charge is -1.89. The molecule has 0 aliphatic rings. The van der Waals surface area contributed by atoms with Gasteiger partial charge in [-0.15, -0.1) is 0 Å². The van der Waals surface area contributed by atoms with E-state index in [1.165, 1.54) is 0 Å². The monoisotopic (exact) mass is 171 g/mol. The quantitative estimate of drug-likeness (QED) is 0.419. The van der Waals surface area contributed by atoms with E-state index in [1.807, 2.05) is 0 Å². The third-order valence-electron chi connectivity index (χ3n) is 0.350. The van der Waals surface area contributed by atoms with Crippen molar-refractivity contribution >= 4 is 25.9 Å². The van der Waals surface area contributed by atoms with Crippen LogP contribution in [0.2, 0.25) is 0 Å². The highest BCUT2D eigenvalue weighted by atomic mass is 33.1. The van der Waals surface area contributed by atoms with Crippen molar-refractivity contribution < 1.29 is 17.8 Å². The topological polar surface area (TPSA) is 97.5 Å². The Kier molecular flexibility index (Phi) is 2.95. The molecule has 3 N–H and O–H groups in total. The molecule has 0 aliphatic carbocycles. The van der Waals surface area contributed by atoms with Crippen LogP contribution in [0, 0.1) is 0 Å². The molecule has 0 aromatic rings.